The standard InChI is InChI=1S/C19H21ClN2O5S/c1-12-7-5-6-8-17(12)21-18(23)13(2)27-19(24)15-11-14(9-10-16(15)20)28(25,26)22(3)4/h5-11,13H,1-4H3,(H,21,23). The zero-order chi connectivity index (χ0) is 21.1. The normalized spacial score (nSPS) is 12.5. The molecule has 0 spiro atoms. The predicted molar refractivity (Wildman–Crippen MR) is 107 cm³/mol. The van der Waals surface area contributed by atoms with Crippen LogP contribution in [0.4, 0.5) is 5.69 Å². The minimum absolute atomic E-state index is 0.0224. The van der Waals surface area contributed by atoms with Crippen LogP contribution in [0.1, 0.15) is 22.8 Å². The van der Waals surface area contributed by atoms with E-state index in [0.29, 0.717) is 5.69 Å². The van der Waals surface area contributed by atoms with E-state index in [4.69, 9.17) is 16.3 Å². The van der Waals surface area contributed by atoms with Gasteiger partial charge in [-0.25, -0.2) is 17.5 Å². The zero-order valence-electron chi connectivity index (χ0n) is 15.9. The quantitative estimate of drug-likeness (QED) is 0.719. The summed E-state index contributed by atoms with van der Waals surface area (Å²) in [6, 6.07) is 10.9. The number of hydrogen-bond acceptors (Lipinski definition) is 5. The molecule has 9 heteroatoms. The molecule has 0 aliphatic carbocycles. The third kappa shape index (κ3) is 4.89. The molecule has 0 fully saturated rings. The molecule has 0 aromatic heterocycles. The van der Waals surface area contributed by atoms with Gasteiger partial charge in [0.05, 0.1) is 15.5 Å². The third-order valence-electron chi connectivity index (χ3n) is 3.99. The smallest absolute Gasteiger partial charge is 0.340 e. The van der Waals surface area contributed by atoms with E-state index in [1.807, 2.05) is 19.1 Å². The molecule has 0 saturated heterocycles. The Balaban J connectivity index is 2.18. The number of ether oxygens (including phenoxy) is 1. The lowest BCUT2D eigenvalue weighted by molar-refractivity contribution is -0.123. The maximum Gasteiger partial charge on any atom is 0.340 e. The SMILES string of the molecule is Cc1ccccc1NC(=O)C(C)OC(=O)c1cc(S(=O)(=O)N(C)C)ccc1Cl. The highest BCUT2D eigenvalue weighted by Gasteiger charge is 2.24. The molecule has 28 heavy (non-hydrogen) atoms. The second-order valence-corrected chi connectivity index (χ2v) is 8.84. The number of carbonyl (C=O) groups is 2. The minimum Gasteiger partial charge on any atom is -0.449 e. The van der Waals surface area contributed by atoms with Crippen molar-refractivity contribution in [1.82, 2.24) is 4.31 Å². The number of nitrogens with one attached hydrogen (secondary N) is 1. The number of amides is 1. The van der Waals surface area contributed by atoms with Crippen LogP contribution in [0.5, 0.6) is 0 Å². The van der Waals surface area contributed by atoms with Gasteiger partial charge in [0.15, 0.2) is 6.10 Å². The highest BCUT2D eigenvalue weighted by Crippen LogP contribution is 2.23. The van der Waals surface area contributed by atoms with E-state index >= 15 is 0 Å². The monoisotopic (exact) mass is 424 g/mol. The molecule has 7 nitrogen and oxygen atoms in total. The summed E-state index contributed by atoms with van der Waals surface area (Å²) in [5, 5.41) is 2.70. The first-order valence-corrected chi connectivity index (χ1v) is 10.2. The summed E-state index contributed by atoms with van der Waals surface area (Å²) in [4.78, 5) is 24.7. The lowest BCUT2D eigenvalue weighted by Crippen LogP contribution is -2.30. The topological polar surface area (TPSA) is 92.8 Å². The summed E-state index contributed by atoms with van der Waals surface area (Å²) < 4.78 is 30.7. The molecule has 1 atom stereocenters. The van der Waals surface area contributed by atoms with E-state index in [2.05, 4.69) is 5.32 Å². The zero-order valence-corrected chi connectivity index (χ0v) is 17.5. The van der Waals surface area contributed by atoms with Crippen molar-refractivity contribution in [2.75, 3.05) is 19.4 Å². The molecule has 1 N–H and O–H groups in total. The second kappa shape index (κ2) is 8.72. The summed E-state index contributed by atoms with van der Waals surface area (Å²) in [5.74, 6) is -1.41. The first-order valence-electron chi connectivity index (χ1n) is 8.33. The first-order chi connectivity index (χ1) is 13.0. The Kier molecular flexibility index (Phi) is 6.82. The van der Waals surface area contributed by atoms with E-state index in [1.165, 1.54) is 33.2 Å². The van der Waals surface area contributed by atoms with E-state index in [0.717, 1.165) is 15.9 Å². The minimum atomic E-state index is -3.75. The second-order valence-electron chi connectivity index (χ2n) is 6.28. The summed E-state index contributed by atoms with van der Waals surface area (Å²) in [5.41, 5.74) is 1.33. The fourth-order valence-electron chi connectivity index (χ4n) is 2.26. The molecule has 2 aromatic rings. The summed E-state index contributed by atoms with van der Waals surface area (Å²) in [6.07, 6.45) is -1.11. The van der Waals surface area contributed by atoms with Gasteiger partial charge in [0.2, 0.25) is 10.0 Å². The van der Waals surface area contributed by atoms with Crippen molar-refractivity contribution >= 4 is 39.2 Å². The molecule has 1 amide bonds. The van der Waals surface area contributed by atoms with Crippen LogP contribution in [-0.2, 0) is 19.6 Å². The Morgan fingerprint density at radius 1 is 1.14 bits per heavy atom. The van der Waals surface area contributed by atoms with Crippen molar-refractivity contribution in [3.63, 3.8) is 0 Å². The Hall–Kier alpha value is -2.42. The molecular formula is C19H21ClN2O5S. The Labute approximate surface area is 169 Å². The number of aryl methyl sites for hydroxylation is 1. The number of esters is 1. The van der Waals surface area contributed by atoms with Crippen LogP contribution in [0.15, 0.2) is 47.4 Å². The lowest BCUT2D eigenvalue weighted by atomic mass is 10.2. The third-order valence-corrected chi connectivity index (χ3v) is 6.13. The molecule has 1 unspecified atom stereocenters. The number of rotatable bonds is 6. The van der Waals surface area contributed by atoms with E-state index < -0.39 is 28.0 Å². The molecule has 0 radical (unpaired) electrons. The maximum absolute atomic E-state index is 12.5. The molecule has 0 bridgehead atoms. The van der Waals surface area contributed by atoms with Gasteiger partial charge < -0.3 is 10.1 Å². The summed E-state index contributed by atoms with van der Waals surface area (Å²) in [6.45, 7) is 3.25. The predicted octanol–water partition coefficient (Wildman–Crippen LogP) is 3.08. The van der Waals surface area contributed by atoms with Crippen LogP contribution in [-0.4, -0.2) is 44.8 Å². The summed E-state index contributed by atoms with van der Waals surface area (Å²) in [7, 11) is -1.00. The van der Waals surface area contributed by atoms with Crippen molar-refractivity contribution in [3.8, 4) is 0 Å². The molecule has 150 valence electrons. The van der Waals surface area contributed by atoms with Gasteiger partial charge >= 0.3 is 5.97 Å². The Bertz CT molecular complexity index is 1010. The number of para-hydroxylation sites is 1. The number of benzene rings is 2. The molecule has 0 aliphatic rings. The van der Waals surface area contributed by atoms with Crippen molar-refractivity contribution in [2.45, 2.75) is 24.8 Å². The highest BCUT2D eigenvalue weighted by atomic mass is 35.5. The van der Waals surface area contributed by atoms with Gasteiger partial charge in [0.1, 0.15) is 0 Å². The van der Waals surface area contributed by atoms with Crippen LogP contribution < -0.4 is 5.32 Å². The molecule has 2 aromatic carbocycles. The molecule has 0 saturated carbocycles. The number of hydrogen-bond donors (Lipinski definition) is 1. The lowest BCUT2D eigenvalue weighted by Gasteiger charge is -2.16. The van der Waals surface area contributed by atoms with Crippen molar-refractivity contribution < 1.29 is 22.7 Å². The molecule has 0 heterocycles. The average molecular weight is 425 g/mol. The molecule has 2 rings (SSSR count). The largest absolute Gasteiger partial charge is 0.449 e. The first kappa shape index (κ1) is 21.9. The fraction of sp³-hybridized carbons (Fsp3) is 0.263. The number of halogens is 1. The fourth-order valence-corrected chi connectivity index (χ4v) is 3.38. The number of anilines is 1. The van der Waals surface area contributed by atoms with E-state index in [1.54, 1.807) is 12.1 Å². The van der Waals surface area contributed by atoms with Gasteiger partial charge in [0, 0.05) is 19.8 Å². The van der Waals surface area contributed by atoms with Crippen LogP contribution in [0, 0.1) is 6.92 Å². The van der Waals surface area contributed by atoms with Crippen molar-refractivity contribution in [2.24, 2.45) is 0 Å². The molecular weight excluding hydrogens is 404 g/mol. The average Bonchev–Trinajstić information content (AvgIpc) is 2.63. The van der Waals surface area contributed by atoms with Gasteiger partial charge in [0.25, 0.3) is 5.91 Å². The number of sulfonamides is 1. The van der Waals surface area contributed by atoms with E-state index in [-0.39, 0.29) is 15.5 Å². The van der Waals surface area contributed by atoms with Gasteiger partial charge in [-0.2, -0.15) is 0 Å². The Morgan fingerprint density at radius 2 is 1.79 bits per heavy atom. The van der Waals surface area contributed by atoms with E-state index in [9.17, 15) is 18.0 Å². The van der Waals surface area contributed by atoms with Crippen LogP contribution in [0.2, 0.25) is 5.02 Å². The van der Waals surface area contributed by atoms with Crippen LogP contribution in [0.3, 0.4) is 0 Å². The van der Waals surface area contributed by atoms with Crippen LogP contribution in [0.25, 0.3) is 0 Å². The number of nitrogens with zero attached hydrogens (tertiary/aromatic N) is 1. The van der Waals surface area contributed by atoms with Gasteiger partial charge in [-0.05, 0) is 43.7 Å². The van der Waals surface area contributed by atoms with Gasteiger partial charge in [-0.3, -0.25) is 4.79 Å². The highest BCUT2D eigenvalue weighted by molar-refractivity contribution is 7.89. The van der Waals surface area contributed by atoms with Gasteiger partial charge in [-0.1, -0.05) is 29.8 Å². The van der Waals surface area contributed by atoms with Crippen LogP contribution >= 0.6 is 11.6 Å². The Morgan fingerprint density at radius 3 is 2.39 bits per heavy atom. The maximum atomic E-state index is 12.5. The van der Waals surface area contributed by atoms with Gasteiger partial charge in [-0.15, -0.1) is 0 Å². The summed E-state index contributed by atoms with van der Waals surface area (Å²) >= 11 is 6.02. The molecule has 0 aliphatic heterocycles. The van der Waals surface area contributed by atoms with Crippen molar-refractivity contribution in [1.29, 1.82) is 0 Å². The van der Waals surface area contributed by atoms with Crippen molar-refractivity contribution in [3.05, 3.63) is 58.6 Å². The number of carbonyl (C=O) groups excluding carboxylic acids is 2.